The third-order valence-corrected chi connectivity index (χ3v) is 5.37. The highest BCUT2D eigenvalue weighted by molar-refractivity contribution is 9.10. The Morgan fingerprint density at radius 2 is 1.82 bits per heavy atom. The highest BCUT2D eigenvalue weighted by Gasteiger charge is 2.19. The van der Waals surface area contributed by atoms with E-state index in [1.165, 1.54) is 6.08 Å². The fraction of sp³-hybridized carbons (Fsp3) is 0.0625. The molecule has 0 aliphatic rings. The van der Waals surface area contributed by atoms with Gasteiger partial charge in [0.1, 0.15) is 11.0 Å². The molecule has 0 amide bonds. The van der Waals surface area contributed by atoms with Crippen LogP contribution in [0.15, 0.2) is 57.9 Å². The van der Waals surface area contributed by atoms with Gasteiger partial charge < -0.3 is 0 Å². The number of hydrogen-bond donors (Lipinski definition) is 0. The van der Waals surface area contributed by atoms with Crippen molar-refractivity contribution in [2.75, 3.05) is 0 Å². The van der Waals surface area contributed by atoms with Crippen molar-refractivity contribution in [1.82, 2.24) is 0 Å². The summed E-state index contributed by atoms with van der Waals surface area (Å²) in [7, 11) is -3.73. The van der Waals surface area contributed by atoms with Crippen LogP contribution in [0.3, 0.4) is 0 Å². The van der Waals surface area contributed by atoms with Crippen LogP contribution >= 0.6 is 27.5 Å². The van der Waals surface area contributed by atoms with E-state index in [0.29, 0.717) is 16.1 Å². The molecule has 0 unspecified atom stereocenters. The molecule has 22 heavy (non-hydrogen) atoms. The lowest BCUT2D eigenvalue weighted by Crippen LogP contribution is -2.06. The van der Waals surface area contributed by atoms with E-state index < -0.39 is 9.84 Å². The third-order valence-electron chi connectivity index (χ3n) is 2.91. The van der Waals surface area contributed by atoms with Gasteiger partial charge in [-0.25, -0.2) is 8.42 Å². The van der Waals surface area contributed by atoms with Gasteiger partial charge in [0.05, 0.1) is 5.75 Å². The van der Waals surface area contributed by atoms with Gasteiger partial charge >= 0.3 is 0 Å². The topological polar surface area (TPSA) is 57.9 Å². The minimum absolute atomic E-state index is 0.232. The smallest absolute Gasteiger partial charge is 0.192 e. The first kappa shape index (κ1) is 16.8. The fourth-order valence-corrected chi connectivity index (χ4v) is 3.49. The Morgan fingerprint density at radius 3 is 2.41 bits per heavy atom. The van der Waals surface area contributed by atoms with Crippen LogP contribution < -0.4 is 0 Å². The highest BCUT2D eigenvalue weighted by atomic mass is 79.9. The van der Waals surface area contributed by atoms with Crippen molar-refractivity contribution in [2.45, 2.75) is 5.75 Å². The number of hydrogen-bond acceptors (Lipinski definition) is 3. The number of rotatable bonds is 4. The van der Waals surface area contributed by atoms with Crippen LogP contribution in [0.2, 0.25) is 5.02 Å². The summed E-state index contributed by atoms with van der Waals surface area (Å²) in [5, 5.41) is 9.59. The molecular weight excluding hydrogens is 386 g/mol. The average Bonchev–Trinajstić information content (AvgIpc) is 2.48. The van der Waals surface area contributed by atoms with E-state index in [1.807, 2.05) is 0 Å². The second-order valence-corrected chi connectivity index (χ2v) is 7.81. The second-order valence-electron chi connectivity index (χ2n) is 4.53. The summed E-state index contributed by atoms with van der Waals surface area (Å²) < 4.78 is 25.6. The predicted octanol–water partition coefficient (Wildman–Crippen LogP) is 4.58. The Bertz CT molecular complexity index is 852. The zero-order valence-electron chi connectivity index (χ0n) is 11.3. The monoisotopic (exact) mass is 395 g/mol. The van der Waals surface area contributed by atoms with Crippen molar-refractivity contribution in [3.63, 3.8) is 0 Å². The minimum Gasteiger partial charge on any atom is -0.223 e. The molecule has 0 spiro atoms. The van der Waals surface area contributed by atoms with Gasteiger partial charge in [0, 0.05) is 9.50 Å². The molecule has 3 nitrogen and oxygen atoms in total. The number of benzene rings is 2. The number of halogens is 2. The van der Waals surface area contributed by atoms with Crippen LogP contribution in [0, 0.1) is 11.3 Å². The van der Waals surface area contributed by atoms with Crippen molar-refractivity contribution >= 4 is 43.4 Å². The molecule has 0 radical (unpaired) electrons. The van der Waals surface area contributed by atoms with Crippen LogP contribution in [0.25, 0.3) is 6.08 Å². The summed E-state index contributed by atoms with van der Waals surface area (Å²) >= 11 is 9.29. The first-order chi connectivity index (χ1) is 10.4. The van der Waals surface area contributed by atoms with Gasteiger partial charge in [-0.15, -0.1) is 0 Å². The molecule has 112 valence electrons. The third kappa shape index (κ3) is 4.20. The van der Waals surface area contributed by atoms with Crippen LogP contribution in [0.4, 0.5) is 0 Å². The van der Waals surface area contributed by atoms with Crippen LogP contribution in [-0.4, -0.2) is 8.42 Å². The normalized spacial score (nSPS) is 12.0. The van der Waals surface area contributed by atoms with Gasteiger partial charge in [-0.1, -0.05) is 57.9 Å². The lowest BCUT2D eigenvalue weighted by molar-refractivity contribution is 0.602. The van der Waals surface area contributed by atoms with Crippen LogP contribution in [0.1, 0.15) is 11.1 Å². The Hall–Kier alpha value is -1.61. The molecule has 0 saturated carbocycles. The van der Waals surface area contributed by atoms with E-state index in [4.69, 9.17) is 11.6 Å². The van der Waals surface area contributed by atoms with Crippen molar-refractivity contribution < 1.29 is 8.42 Å². The number of nitrogens with zero attached hydrogens (tertiary/aromatic N) is 1. The first-order valence-corrected chi connectivity index (χ1v) is 9.08. The Balaban J connectivity index is 2.36. The lowest BCUT2D eigenvalue weighted by Gasteiger charge is -2.04. The molecule has 0 atom stereocenters. The van der Waals surface area contributed by atoms with Crippen molar-refractivity contribution in [1.29, 1.82) is 5.26 Å². The van der Waals surface area contributed by atoms with Crippen molar-refractivity contribution in [3.8, 4) is 6.07 Å². The molecule has 0 aromatic heterocycles. The Labute approximate surface area is 142 Å². The number of sulfone groups is 1. The molecule has 2 aromatic rings. The maximum Gasteiger partial charge on any atom is 0.192 e. The summed E-state index contributed by atoms with van der Waals surface area (Å²) in [6, 6.07) is 15.4. The maximum absolute atomic E-state index is 12.4. The standard InChI is InChI=1S/C16H11BrClNO2S/c17-14-7-5-12(6-8-14)11-22(20,21)15(10-19)9-13-3-1-2-4-16(13)18/h1-9H,11H2. The second kappa shape index (κ2) is 7.10. The minimum atomic E-state index is -3.73. The summed E-state index contributed by atoms with van der Waals surface area (Å²) in [4.78, 5) is -0.302. The van der Waals surface area contributed by atoms with Crippen LogP contribution in [-0.2, 0) is 15.6 Å². The first-order valence-electron chi connectivity index (χ1n) is 6.26. The Morgan fingerprint density at radius 1 is 1.18 bits per heavy atom. The molecule has 0 aliphatic carbocycles. The summed E-state index contributed by atoms with van der Waals surface area (Å²) in [5.41, 5.74) is 1.11. The van der Waals surface area contributed by atoms with E-state index in [9.17, 15) is 13.7 Å². The molecule has 0 bridgehead atoms. The highest BCUT2D eigenvalue weighted by Crippen LogP contribution is 2.22. The molecular formula is C16H11BrClNO2S. The summed E-state index contributed by atoms with van der Waals surface area (Å²) in [6.45, 7) is 0. The lowest BCUT2D eigenvalue weighted by atomic mass is 10.2. The molecule has 0 heterocycles. The zero-order valence-corrected chi connectivity index (χ0v) is 14.5. The van der Waals surface area contributed by atoms with Crippen molar-refractivity contribution in [3.05, 3.63) is 74.1 Å². The van der Waals surface area contributed by atoms with E-state index in [1.54, 1.807) is 54.6 Å². The van der Waals surface area contributed by atoms with E-state index in [0.717, 1.165) is 4.47 Å². The van der Waals surface area contributed by atoms with E-state index in [2.05, 4.69) is 15.9 Å². The van der Waals surface area contributed by atoms with Gasteiger partial charge in [-0.3, -0.25) is 0 Å². The molecule has 0 saturated heterocycles. The van der Waals surface area contributed by atoms with Gasteiger partial charge in [-0.2, -0.15) is 5.26 Å². The molecule has 0 aliphatic heterocycles. The molecule has 0 fully saturated rings. The van der Waals surface area contributed by atoms with Gasteiger partial charge in [-0.05, 0) is 35.4 Å². The summed E-state index contributed by atoms with van der Waals surface area (Å²) in [6.07, 6.45) is 1.30. The predicted molar refractivity (Wildman–Crippen MR) is 91.8 cm³/mol. The largest absolute Gasteiger partial charge is 0.223 e. The number of nitriles is 1. The van der Waals surface area contributed by atoms with Gasteiger partial charge in [0.15, 0.2) is 9.84 Å². The van der Waals surface area contributed by atoms with E-state index in [-0.39, 0.29) is 10.7 Å². The van der Waals surface area contributed by atoms with Gasteiger partial charge in [0.2, 0.25) is 0 Å². The quantitative estimate of drug-likeness (QED) is 0.711. The zero-order chi connectivity index (χ0) is 16.2. The Kier molecular flexibility index (Phi) is 5.41. The maximum atomic E-state index is 12.4. The summed E-state index contributed by atoms with van der Waals surface area (Å²) in [5.74, 6) is -0.232. The molecule has 2 rings (SSSR count). The fourth-order valence-electron chi connectivity index (χ4n) is 1.80. The molecule has 6 heteroatoms. The van der Waals surface area contributed by atoms with E-state index >= 15 is 0 Å². The van der Waals surface area contributed by atoms with Gasteiger partial charge in [0.25, 0.3) is 0 Å². The van der Waals surface area contributed by atoms with Crippen molar-refractivity contribution in [2.24, 2.45) is 0 Å². The number of allylic oxidation sites excluding steroid dienone is 1. The SMILES string of the molecule is N#CC(=Cc1ccccc1Cl)S(=O)(=O)Cc1ccc(Br)cc1. The molecule has 0 N–H and O–H groups in total. The molecule has 2 aromatic carbocycles. The van der Waals surface area contributed by atoms with Crippen LogP contribution in [0.5, 0.6) is 0 Å². The average molecular weight is 397 g/mol.